The molecule has 0 aromatic heterocycles. The molecule has 2 aliphatic heterocycles. The van der Waals surface area contributed by atoms with E-state index in [1.807, 2.05) is 0 Å². The second-order valence-corrected chi connectivity index (χ2v) is 9.94. The zero-order valence-corrected chi connectivity index (χ0v) is 17.6. The third-order valence-corrected chi connectivity index (χ3v) is 7.63. The molecular weight excluding hydrogens is 378 g/mol. The second-order valence-electron chi connectivity index (χ2n) is 8.00. The molecule has 0 N–H and O–H groups in total. The van der Waals surface area contributed by atoms with Gasteiger partial charge in [-0.25, -0.2) is 8.42 Å². The van der Waals surface area contributed by atoms with E-state index in [1.54, 1.807) is 31.1 Å². The van der Waals surface area contributed by atoms with Crippen LogP contribution in [0.25, 0.3) is 0 Å². The maximum atomic E-state index is 12.9. The Morgan fingerprint density at radius 1 is 1.00 bits per heavy atom. The van der Waals surface area contributed by atoms with Gasteiger partial charge in [0.1, 0.15) is 6.04 Å². The van der Waals surface area contributed by atoms with E-state index in [-0.39, 0.29) is 16.7 Å². The minimum atomic E-state index is -3.53. The third kappa shape index (κ3) is 4.07. The predicted octanol–water partition coefficient (Wildman–Crippen LogP) is 1.80. The van der Waals surface area contributed by atoms with Crippen LogP contribution in [0.1, 0.15) is 43.0 Å². The first kappa shape index (κ1) is 20.8. The van der Waals surface area contributed by atoms with Crippen LogP contribution in [-0.2, 0) is 14.8 Å². The van der Waals surface area contributed by atoms with E-state index in [0.29, 0.717) is 37.5 Å². The molecule has 0 aliphatic carbocycles. The van der Waals surface area contributed by atoms with Gasteiger partial charge in [-0.2, -0.15) is 4.31 Å². The number of hydrogen-bond donors (Lipinski definition) is 0. The van der Waals surface area contributed by atoms with Crippen LogP contribution in [-0.4, -0.2) is 74.1 Å². The van der Waals surface area contributed by atoms with Gasteiger partial charge in [-0.1, -0.05) is 6.92 Å². The van der Waals surface area contributed by atoms with Crippen molar-refractivity contribution in [2.45, 2.75) is 43.5 Å². The summed E-state index contributed by atoms with van der Waals surface area (Å²) in [5.41, 5.74) is 0.407. The fourth-order valence-electron chi connectivity index (χ4n) is 3.87. The molecule has 7 nitrogen and oxygen atoms in total. The molecule has 3 rings (SSSR count). The highest BCUT2D eigenvalue weighted by molar-refractivity contribution is 7.89. The summed E-state index contributed by atoms with van der Waals surface area (Å²) in [6.45, 7) is 3.74. The van der Waals surface area contributed by atoms with Crippen LogP contribution in [0.15, 0.2) is 29.2 Å². The lowest BCUT2D eigenvalue weighted by atomic mass is 10.0. The van der Waals surface area contributed by atoms with E-state index in [4.69, 9.17) is 0 Å². The highest BCUT2D eigenvalue weighted by atomic mass is 32.2. The lowest BCUT2D eigenvalue weighted by Gasteiger charge is -2.29. The molecule has 1 aromatic carbocycles. The molecule has 2 amide bonds. The average Bonchev–Trinajstić information content (AvgIpc) is 3.16. The average molecular weight is 408 g/mol. The molecule has 28 heavy (non-hydrogen) atoms. The van der Waals surface area contributed by atoms with Crippen LogP contribution < -0.4 is 0 Å². The van der Waals surface area contributed by atoms with Crippen molar-refractivity contribution in [1.82, 2.24) is 14.1 Å². The highest BCUT2D eigenvalue weighted by Gasteiger charge is 2.35. The van der Waals surface area contributed by atoms with E-state index >= 15 is 0 Å². The number of amides is 2. The van der Waals surface area contributed by atoms with Crippen molar-refractivity contribution in [2.24, 2.45) is 5.92 Å². The number of carbonyl (C=O) groups is 2. The summed E-state index contributed by atoms with van der Waals surface area (Å²) in [5.74, 6) is 0.238. The Morgan fingerprint density at radius 2 is 1.61 bits per heavy atom. The monoisotopic (exact) mass is 407 g/mol. The Bertz CT molecular complexity index is 828. The SMILES string of the molecule is CC1CCN(S(=O)(=O)c2ccc(C(=O)N3CCCC3C(=O)N(C)C)cc2)CC1. The van der Waals surface area contributed by atoms with Gasteiger partial charge >= 0.3 is 0 Å². The zero-order chi connectivity index (χ0) is 20.5. The van der Waals surface area contributed by atoms with Crippen LogP contribution in [0.2, 0.25) is 0 Å². The van der Waals surface area contributed by atoms with Gasteiger partial charge in [0.2, 0.25) is 15.9 Å². The number of rotatable bonds is 4. The molecule has 2 saturated heterocycles. The second kappa shape index (κ2) is 8.21. The molecule has 2 heterocycles. The molecule has 154 valence electrons. The Kier molecular flexibility index (Phi) is 6.09. The predicted molar refractivity (Wildman–Crippen MR) is 106 cm³/mol. The Morgan fingerprint density at radius 3 is 2.18 bits per heavy atom. The van der Waals surface area contributed by atoms with Gasteiger partial charge in [-0.15, -0.1) is 0 Å². The Hall–Kier alpha value is -1.93. The van der Waals surface area contributed by atoms with Gasteiger partial charge < -0.3 is 9.80 Å². The van der Waals surface area contributed by atoms with E-state index in [2.05, 4.69) is 6.92 Å². The Balaban J connectivity index is 1.75. The minimum Gasteiger partial charge on any atom is -0.347 e. The van der Waals surface area contributed by atoms with Gasteiger partial charge in [-0.05, 0) is 55.9 Å². The van der Waals surface area contributed by atoms with E-state index in [0.717, 1.165) is 19.3 Å². The van der Waals surface area contributed by atoms with Crippen molar-refractivity contribution in [3.05, 3.63) is 29.8 Å². The largest absolute Gasteiger partial charge is 0.347 e. The number of hydrogen-bond acceptors (Lipinski definition) is 4. The fraction of sp³-hybridized carbons (Fsp3) is 0.600. The van der Waals surface area contributed by atoms with Crippen molar-refractivity contribution in [3.63, 3.8) is 0 Å². The summed E-state index contributed by atoms with van der Waals surface area (Å²) in [6.07, 6.45) is 3.18. The maximum absolute atomic E-state index is 12.9. The van der Waals surface area contributed by atoms with E-state index in [9.17, 15) is 18.0 Å². The van der Waals surface area contributed by atoms with Crippen LogP contribution >= 0.6 is 0 Å². The van der Waals surface area contributed by atoms with Gasteiger partial charge in [0.05, 0.1) is 4.90 Å². The van der Waals surface area contributed by atoms with Gasteiger partial charge in [0, 0.05) is 39.3 Å². The fourth-order valence-corrected chi connectivity index (χ4v) is 5.34. The molecule has 8 heteroatoms. The molecule has 1 unspecified atom stereocenters. The zero-order valence-electron chi connectivity index (χ0n) is 16.8. The molecule has 2 fully saturated rings. The number of piperidine rings is 1. The number of nitrogens with zero attached hydrogens (tertiary/aromatic N) is 3. The summed E-state index contributed by atoms with van der Waals surface area (Å²) >= 11 is 0. The first-order chi connectivity index (χ1) is 13.2. The summed E-state index contributed by atoms with van der Waals surface area (Å²) in [7, 11) is -0.165. The van der Waals surface area contributed by atoms with Crippen LogP contribution in [0.4, 0.5) is 0 Å². The van der Waals surface area contributed by atoms with Gasteiger partial charge in [0.15, 0.2) is 0 Å². The van der Waals surface area contributed by atoms with Crippen molar-refractivity contribution >= 4 is 21.8 Å². The topological polar surface area (TPSA) is 78.0 Å². The highest BCUT2D eigenvalue weighted by Crippen LogP contribution is 2.25. The molecule has 0 saturated carbocycles. The molecular formula is C20H29N3O4S. The van der Waals surface area contributed by atoms with E-state index < -0.39 is 16.1 Å². The first-order valence-electron chi connectivity index (χ1n) is 9.84. The standard InChI is InChI=1S/C20H29N3O4S/c1-15-10-13-22(14-11-15)28(26,27)17-8-6-16(7-9-17)19(24)23-12-4-5-18(23)20(25)21(2)3/h6-9,15,18H,4-5,10-14H2,1-3H3. The van der Waals surface area contributed by atoms with Crippen molar-refractivity contribution in [1.29, 1.82) is 0 Å². The Labute approximate surface area is 167 Å². The number of sulfonamides is 1. The number of likely N-dealkylation sites (N-methyl/N-ethyl adjacent to an activating group) is 1. The van der Waals surface area contributed by atoms with Crippen molar-refractivity contribution in [3.8, 4) is 0 Å². The van der Waals surface area contributed by atoms with Crippen LogP contribution in [0.3, 0.4) is 0 Å². The third-order valence-electron chi connectivity index (χ3n) is 5.72. The van der Waals surface area contributed by atoms with Crippen LogP contribution in [0.5, 0.6) is 0 Å². The summed E-state index contributed by atoms with van der Waals surface area (Å²) in [6, 6.07) is 5.66. The lowest BCUT2D eigenvalue weighted by Crippen LogP contribution is -2.45. The van der Waals surface area contributed by atoms with Crippen molar-refractivity contribution in [2.75, 3.05) is 33.7 Å². The maximum Gasteiger partial charge on any atom is 0.254 e. The summed E-state index contributed by atoms with van der Waals surface area (Å²) in [5, 5.41) is 0. The normalized spacial score (nSPS) is 21.7. The summed E-state index contributed by atoms with van der Waals surface area (Å²) < 4.78 is 27.2. The number of benzene rings is 1. The summed E-state index contributed by atoms with van der Waals surface area (Å²) in [4.78, 5) is 28.5. The molecule has 0 spiro atoms. The quantitative estimate of drug-likeness (QED) is 0.763. The van der Waals surface area contributed by atoms with Crippen LogP contribution in [0, 0.1) is 5.92 Å². The smallest absolute Gasteiger partial charge is 0.254 e. The first-order valence-corrected chi connectivity index (χ1v) is 11.3. The van der Waals surface area contributed by atoms with E-state index in [1.165, 1.54) is 21.3 Å². The molecule has 0 bridgehead atoms. The number of likely N-dealkylation sites (tertiary alicyclic amines) is 1. The number of carbonyl (C=O) groups excluding carboxylic acids is 2. The molecule has 1 aromatic rings. The minimum absolute atomic E-state index is 0.0793. The van der Waals surface area contributed by atoms with Gasteiger partial charge in [-0.3, -0.25) is 9.59 Å². The molecule has 0 radical (unpaired) electrons. The van der Waals surface area contributed by atoms with Crippen molar-refractivity contribution < 1.29 is 18.0 Å². The molecule has 2 aliphatic rings. The lowest BCUT2D eigenvalue weighted by molar-refractivity contribution is -0.132. The molecule has 1 atom stereocenters. The van der Waals surface area contributed by atoms with Gasteiger partial charge in [0.25, 0.3) is 5.91 Å².